The third-order valence-corrected chi connectivity index (χ3v) is 2.43. The van der Waals surface area contributed by atoms with Crippen LogP contribution in [0.2, 0.25) is 0 Å². The zero-order valence-electron chi connectivity index (χ0n) is 10.2. The van der Waals surface area contributed by atoms with Crippen molar-refractivity contribution < 1.29 is 4.42 Å². The van der Waals surface area contributed by atoms with E-state index in [2.05, 4.69) is 28.5 Å². The van der Waals surface area contributed by atoms with Crippen molar-refractivity contribution in [2.24, 2.45) is 0 Å². The van der Waals surface area contributed by atoms with Crippen molar-refractivity contribution in [3.8, 4) is 17.5 Å². The first-order valence-electron chi connectivity index (χ1n) is 5.87. The molecule has 5 nitrogen and oxygen atoms in total. The molecule has 0 spiro atoms. The molecule has 0 aliphatic heterocycles. The van der Waals surface area contributed by atoms with Gasteiger partial charge in [-0.15, -0.1) is 10.2 Å². The molecule has 5 heteroatoms. The van der Waals surface area contributed by atoms with E-state index in [1.165, 1.54) is 0 Å². The van der Waals surface area contributed by atoms with E-state index >= 15 is 0 Å². The number of rotatable bonds is 5. The molecule has 1 heterocycles. The lowest BCUT2D eigenvalue weighted by Gasteiger charge is -1.97. The van der Waals surface area contributed by atoms with Crippen LogP contribution < -0.4 is 5.32 Å². The summed E-state index contributed by atoms with van der Waals surface area (Å²) in [6.45, 7) is 3.61. The summed E-state index contributed by atoms with van der Waals surface area (Å²) in [5, 5.41) is 19.9. The number of aromatic nitrogens is 2. The van der Waals surface area contributed by atoms with Gasteiger partial charge in [-0.1, -0.05) is 6.92 Å². The van der Waals surface area contributed by atoms with Gasteiger partial charge in [0.15, 0.2) is 0 Å². The molecule has 0 saturated heterocycles. The molecule has 0 bridgehead atoms. The number of hydrogen-bond donors (Lipinski definition) is 1. The molecular formula is C13H14N4O. The highest BCUT2D eigenvalue weighted by molar-refractivity contribution is 5.54. The summed E-state index contributed by atoms with van der Waals surface area (Å²) in [6.07, 6.45) is 1.07. The Balaban J connectivity index is 2.06. The maximum atomic E-state index is 8.71. The lowest BCUT2D eigenvalue weighted by Crippen LogP contribution is -2.13. The van der Waals surface area contributed by atoms with Crippen LogP contribution in [-0.4, -0.2) is 16.7 Å². The second kappa shape index (κ2) is 5.94. The summed E-state index contributed by atoms with van der Waals surface area (Å²) < 4.78 is 5.52. The normalized spacial score (nSPS) is 10.2. The van der Waals surface area contributed by atoms with Gasteiger partial charge < -0.3 is 9.73 Å². The fraction of sp³-hybridized carbons (Fsp3) is 0.308. The average molecular weight is 242 g/mol. The number of nitrogens with one attached hydrogen (secondary N) is 1. The first-order valence-corrected chi connectivity index (χ1v) is 5.87. The number of benzene rings is 1. The molecule has 0 saturated carbocycles. The second-order valence-corrected chi connectivity index (χ2v) is 3.87. The third kappa shape index (κ3) is 2.93. The van der Waals surface area contributed by atoms with Gasteiger partial charge in [-0.25, -0.2) is 0 Å². The molecule has 2 aromatic rings. The number of nitriles is 1. The SMILES string of the molecule is CCCNCc1nnc(-c2ccc(C#N)cc2)o1. The van der Waals surface area contributed by atoms with Crippen LogP contribution >= 0.6 is 0 Å². The molecule has 1 aromatic carbocycles. The van der Waals surface area contributed by atoms with Gasteiger partial charge in [0.05, 0.1) is 18.2 Å². The van der Waals surface area contributed by atoms with Crippen molar-refractivity contribution in [2.75, 3.05) is 6.54 Å². The van der Waals surface area contributed by atoms with Gasteiger partial charge in [0, 0.05) is 5.56 Å². The first kappa shape index (κ1) is 12.3. The van der Waals surface area contributed by atoms with Crippen LogP contribution in [0.4, 0.5) is 0 Å². The van der Waals surface area contributed by atoms with Gasteiger partial charge >= 0.3 is 0 Å². The van der Waals surface area contributed by atoms with Crippen LogP contribution in [-0.2, 0) is 6.54 Å². The van der Waals surface area contributed by atoms with Crippen molar-refractivity contribution in [2.45, 2.75) is 19.9 Å². The largest absolute Gasteiger partial charge is 0.419 e. The fourth-order valence-electron chi connectivity index (χ4n) is 1.50. The molecule has 1 N–H and O–H groups in total. The highest BCUT2D eigenvalue weighted by Gasteiger charge is 2.07. The third-order valence-electron chi connectivity index (χ3n) is 2.43. The minimum absolute atomic E-state index is 0.479. The van der Waals surface area contributed by atoms with Gasteiger partial charge in [-0.05, 0) is 37.2 Å². The molecule has 0 aliphatic rings. The summed E-state index contributed by atoms with van der Waals surface area (Å²) in [5.41, 5.74) is 1.44. The standard InChI is InChI=1S/C13H14N4O/c1-2-7-15-9-12-16-17-13(18-12)11-5-3-10(8-14)4-6-11/h3-6,15H,2,7,9H2,1H3. The Labute approximate surface area is 105 Å². The van der Waals surface area contributed by atoms with Crippen molar-refractivity contribution in [3.63, 3.8) is 0 Å². The lowest BCUT2D eigenvalue weighted by atomic mass is 10.1. The number of hydrogen-bond acceptors (Lipinski definition) is 5. The van der Waals surface area contributed by atoms with Crippen molar-refractivity contribution >= 4 is 0 Å². The summed E-state index contributed by atoms with van der Waals surface area (Å²) >= 11 is 0. The summed E-state index contributed by atoms with van der Waals surface area (Å²) in [4.78, 5) is 0. The number of nitrogens with zero attached hydrogens (tertiary/aromatic N) is 3. The average Bonchev–Trinajstić information content (AvgIpc) is 2.88. The molecule has 1 aromatic heterocycles. The van der Waals surface area contributed by atoms with E-state index < -0.39 is 0 Å². The lowest BCUT2D eigenvalue weighted by molar-refractivity contribution is 0.477. The smallest absolute Gasteiger partial charge is 0.247 e. The van der Waals surface area contributed by atoms with E-state index in [1.54, 1.807) is 24.3 Å². The maximum absolute atomic E-state index is 8.71. The Morgan fingerprint density at radius 3 is 2.72 bits per heavy atom. The molecule has 0 unspecified atom stereocenters. The zero-order valence-corrected chi connectivity index (χ0v) is 10.2. The second-order valence-electron chi connectivity index (χ2n) is 3.87. The molecule has 0 aliphatic carbocycles. The monoisotopic (exact) mass is 242 g/mol. The fourth-order valence-corrected chi connectivity index (χ4v) is 1.50. The molecule has 2 rings (SSSR count). The Hall–Kier alpha value is -2.19. The minimum Gasteiger partial charge on any atom is -0.419 e. The van der Waals surface area contributed by atoms with E-state index in [4.69, 9.17) is 9.68 Å². The van der Waals surface area contributed by atoms with E-state index in [0.29, 0.717) is 23.9 Å². The Morgan fingerprint density at radius 2 is 2.06 bits per heavy atom. The quantitative estimate of drug-likeness (QED) is 0.813. The first-order chi connectivity index (χ1) is 8.83. The summed E-state index contributed by atoms with van der Waals surface area (Å²) in [5.74, 6) is 1.05. The topological polar surface area (TPSA) is 74.7 Å². The van der Waals surface area contributed by atoms with Crippen LogP contribution in [0.3, 0.4) is 0 Å². The van der Waals surface area contributed by atoms with Gasteiger partial charge in [0.1, 0.15) is 0 Å². The Morgan fingerprint density at radius 1 is 1.28 bits per heavy atom. The van der Waals surface area contributed by atoms with Crippen molar-refractivity contribution in [1.82, 2.24) is 15.5 Å². The molecule has 0 radical (unpaired) electrons. The molecule has 0 amide bonds. The van der Waals surface area contributed by atoms with Gasteiger partial charge in [0.2, 0.25) is 11.8 Å². The van der Waals surface area contributed by atoms with Crippen molar-refractivity contribution in [3.05, 3.63) is 35.7 Å². The van der Waals surface area contributed by atoms with E-state index in [1.807, 2.05) is 0 Å². The highest BCUT2D eigenvalue weighted by Crippen LogP contribution is 2.18. The molecule has 0 atom stereocenters. The van der Waals surface area contributed by atoms with Crippen LogP contribution in [0.15, 0.2) is 28.7 Å². The predicted molar refractivity (Wildman–Crippen MR) is 66.4 cm³/mol. The molecule has 92 valence electrons. The maximum Gasteiger partial charge on any atom is 0.247 e. The van der Waals surface area contributed by atoms with Crippen LogP contribution in [0.25, 0.3) is 11.5 Å². The summed E-state index contributed by atoms with van der Waals surface area (Å²) in [7, 11) is 0. The van der Waals surface area contributed by atoms with Crippen molar-refractivity contribution in [1.29, 1.82) is 5.26 Å². The van der Waals surface area contributed by atoms with E-state index in [9.17, 15) is 0 Å². The van der Waals surface area contributed by atoms with Gasteiger partial charge in [-0.3, -0.25) is 0 Å². The summed E-state index contributed by atoms with van der Waals surface area (Å²) in [6, 6.07) is 9.13. The Bertz CT molecular complexity index is 539. The zero-order chi connectivity index (χ0) is 12.8. The van der Waals surface area contributed by atoms with Crippen LogP contribution in [0, 0.1) is 11.3 Å². The molecule has 0 fully saturated rings. The van der Waals surface area contributed by atoms with Gasteiger partial charge in [0.25, 0.3) is 0 Å². The predicted octanol–water partition coefficient (Wildman–Crippen LogP) is 2.11. The van der Waals surface area contributed by atoms with Crippen LogP contribution in [0.5, 0.6) is 0 Å². The highest BCUT2D eigenvalue weighted by atomic mass is 16.4. The molecular weight excluding hydrogens is 228 g/mol. The Kier molecular flexibility index (Phi) is 4.05. The van der Waals surface area contributed by atoms with Crippen LogP contribution in [0.1, 0.15) is 24.8 Å². The molecule has 18 heavy (non-hydrogen) atoms. The van der Waals surface area contributed by atoms with Gasteiger partial charge in [-0.2, -0.15) is 5.26 Å². The van der Waals surface area contributed by atoms with E-state index in [0.717, 1.165) is 18.5 Å². The minimum atomic E-state index is 0.479. The van der Waals surface area contributed by atoms with E-state index in [-0.39, 0.29) is 0 Å².